The molecule has 3 N–H and O–H groups in total. The summed E-state index contributed by atoms with van der Waals surface area (Å²) >= 11 is 1.34. The summed E-state index contributed by atoms with van der Waals surface area (Å²) < 4.78 is 22.0. The fourth-order valence-electron chi connectivity index (χ4n) is 1.57. The van der Waals surface area contributed by atoms with E-state index in [9.17, 15) is 13.2 Å². The third kappa shape index (κ3) is 4.16. The van der Waals surface area contributed by atoms with Crippen LogP contribution in [0.25, 0.3) is 0 Å². The number of anilines is 1. The lowest BCUT2D eigenvalue weighted by atomic mass is 10.2. The zero-order valence-corrected chi connectivity index (χ0v) is 11.5. The van der Waals surface area contributed by atoms with Crippen molar-refractivity contribution >= 4 is 33.0 Å². The number of sulfonamides is 1. The lowest BCUT2D eigenvalue weighted by Gasteiger charge is -2.06. The maximum atomic E-state index is 11.8. The molecule has 0 aliphatic rings. The van der Waals surface area contributed by atoms with Gasteiger partial charge in [-0.05, 0) is 29.1 Å². The van der Waals surface area contributed by atoms with E-state index in [-0.39, 0.29) is 11.7 Å². The molecule has 2 aromatic rings. The van der Waals surface area contributed by atoms with Gasteiger partial charge in [-0.1, -0.05) is 18.2 Å². The second kappa shape index (κ2) is 5.52. The summed E-state index contributed by atoms with van der Waals surface area (Å²) in [5.74, 6) is -0.474. The first kappa shape index (κ1) is 13.7. The van der Waals surface area contributed by atoms with Crippen molar-refractivity contribution in [2.75, 3.05) is 5.32 Å². The van der Waals surface area contributed by atoms with Gasteiger partial charge in [0.05, 0.1) is 10.6 Å². The van der Waals surface area contributed by atoms with Crippen LogP contribution in [-0.4, -0.2) is 14.3 Å². The zero-order valence-electron chi connectivity index (χ0n) is 9.87. The molecule has 0 aliphatic carbocycles. The number of amides is 1. The van der Waals surface area contributed by atoms with Crippen molar-refractivity contribution < 1.29 is 13.2 Å². The number of primary sulfonamides is 1. The van der Waals surface area contributed by atoms with Crippen molar-refractivity contribution in [3.8, 4) is 0 Å². The van der Waals surface area contributed by atoms with Gasteiger partial charge in [-0.15, -0.1) is 11.3 Å². The molecule has 5 nitrogen and oxygen atoms in total. The van der Waals surface area contributed by atoms with Crippen LogP contribution in [0.2, 0.25) is 0 Å². The number of rotatable bonds is 4. The first-order valence-corrected chi connectivity index (χ1v) is 7.98. The van der Waals surface area contributed by atoms with Gasteiger partial charge < -0.3 is 5.32 Å². The Morgan fingerprint density at radius 1 is 1.26 bits per heavy atom. The lowest BCUT2D eigenvalue weighted by molar-refractivity contribution is 0.103. The second-order valence-electron chi connectivity index (χ2n) is 3.94. The Bertz CT molecular complexity index is 679. The predicted octanol–water partition coefficient (Wildman–Crippen LogP) is 1.79. The Kier molecular flexibility index (Phi) is 3.98. The molecule has 0 saturated carbocycles. The van der Waals surface area contributed by atoms with E-state index in [0.29, 0.717) is 16.1 Å². The minimum atomic E-state index is -3.58. The molecule has 1 heterocycles. The molecule has 1 amide bonds. The summed E-state index contributed by atoms with van der Waals surface area (Å²) in [4.78, 5) is 12.4. The highest BCUT2D eigenvalue weighted by Gasteiger charge is 2.09. The molecule has 2 rings (SSSR count). The molecule has 0 atom stereocenters. The van der Waals surface area contributed by atoms with Gasteiger partial charge in [0, 0.05) is 5.69 Å². The van der Waals surface area contributed by atoms with Gasteiger partial charge in [-0.3, -0.25) is 4.79 Å². The number of hydrogen-bond acceptors (Lipinski definition) is 4. The lowest BCUT2D eigenvalue weighted by Crippen LogP contribution is -2.15. The van der Waals surface area contributed by atoms with E-state index < -0.39 is 10.0 Å². The van der Waals surface area contributed by atoms with E-state index in [2.05, 4.69) is 5.32 Å². The number of hydrogen-bond donors (Lipinski definition) is 2. The number of carbonyl (C=O) groups is 1. The van der Waals surface area contributed by atoms with E-state index in [4.69, 9.17) is 5.14 Å². The molecule has 0 spiro atoms. The zero-order chi connectivity index (χ0) is 13.9. The molecule has 19 heavy (non-hydrogen) atoms. The molecule has 0 unspecified atom stereocenters. The molecule has 0 saturated heterocycles. The Morgan fingerprint density at radius 2 is 2.05 bits per heavy atom. The van der Waals surface area contributed by atoms with Crippen LogP contribution >= 0.6 is 11.3 Å². The van der Waals surface area contributed by atoms with Crippen LogP contribution in [0.5, 0.6) is 0 Å². The minimum absolute atomic E-state index is 0.220. The van der Waals surface area contributed by atoms with Crippen LogP contribution in [-0.2, 0) is 15.8 Å². The second-order valence-corrected chi connectivity index (χ2v) is 6.50. The maximum Gasteiger partial charge on any atom is 0.265 e. The Hall–Kier alpha value is -1.70. The molecule has 0 radical (unpaired) electrons. The third-order valence-electron chi connectivity index (χ3n) is 2.30. The largest absolute Gasteiger partial charge is 0.321 e. The number of thiophene rings is 1. The highest BCUT2D eigenvalue weighted by atomic mass is 32.2. The molecule has 1 aromatic heterocycles. The monoisotopic (exact) mass is 296 g/mol. The molecule has 100 valence electrons. The molecule has 7 heteroatoms. The molecule has 0 aliphatic heterocycles. The molecule has 0 bridgehead atoms. The van der Waals surface area contributed by atoms with Crippen LogP contribution in [0.1, 0.15) is 15.2 Å². The number of nitrogens with two attached hydrogens (primary N) is 1. The molecule has 0 fully saturated rings. The molecular weight excluding hydrogens is 284 g/mol. The number of carbonyl (C=O) groups excluding carboxylic acids is 1. The van der Waals surface area contributed by atoms with E-state index in [1.54, 1.807) is 36.4 Å². The van der Waals surface area contributed by atoms with E-state index in [1.807, 2.05) is 5.38 Å². The van der Waals surface area contributed by atoms with Crippen molar-refractivity contribution in [3.05, 3.63) is 52.2 Å². The van der Waals surface area contributed by atoms with Gasteiger partial charge >= 0.3 is 0 Å². The number of nitrogens with one attached hydrogen (secondary N) is 1. The van der Waals surface area contributed by atoms with Gasteiger partial charge in [-0.2, -0.15) is 0 Å². The average Bonchev–Trinajstić information content (AvgIpc) is 2.80. The van der Waals surface area contributed by atoms with Gasteiger partial charge in [-0.25, -0.2) is 13.6 Å². The summed E-state index contributed by atoms with van der Waals surface area (Å²) in [6.07, 6.45) is 0. The van der Waals surface area contributed by atoms with Crippen LogP contribution in [0, 0.1) is 0 Å². The van der Waals surface area contributed by atoms with E-state index in [1.165, 1.54) is 11.3 Å². The highest BCUT2D eigenvalue weighted by molar-refractivity contribution is 7.88. The van der Waals surface area contributed by atoms with Crippen molar-refractivity contribution in [3.63, 3.8) is 0 Å². The van der Waals surface area contributed by atoms with Gasteiger partial charge in [0.2, 0.25) is 10.0 Å². The first-order chi connectivity index (χ1) is 8.94. The standard InChI is InChI=1S/C12H12N2O3S2/c13-19(16,17)8-9-3-1-4-10(7-9)14-12(15)11-5-2-6-18-11/h1-7H,8H2,(H,14,15)(H2,13,16,17). The Balaban J connectivity index is 2.13. The quantitative estimate of drug-likeness (QED) is 0.901. The molecular formula is C12H12N2O3S2. The first-order valence-electron chi connectivity index (χ1n) is 5.38. The smallest absolute Gasteiger partial charge is 0.265 e. The SMILES string of the molecule is NS(=O)(=O)Cc1cccc(NC(=O)c2cccs2)c1. The highest BCUT2D eigenvalue weighted by Crippen LogP contribution is 2.15. The Morgan fingerprint density at radius 3 is 2.68 bits per heavy atom. The van der Waals surface area contributed by atoms with E-state index >= 15 is 0 Å². The third-order valence-corrected chi connectivity index (χ3v) is 3.90. The van der Waals surface area contributed by atoms with Crippen LogP contribution in [0.15, 0.2) is 41.8 Å². The van der Waals surface area contributed by atoms with Gasteiger partial charge in [0.15, 0.2) is 0 Å². The van der Waals surface area contributed by atoms with Crippen molar-refractivity contribution in [1.82, 2.24) is 0 Å². The normalized spacial score (nSPS) is 11.2. The fourth-order valence-corrected chi connectivity index (χ4v) is 2.83. The number of benzene rings is 1. The maximum absolute atomic E-state index is 11.8. The minimum Gasteiger partial charge on any atom is -0.321 e. The summed E-state index contributed by atoms with van der Waals surface area (Å²) in [5, 5.41) is 9.50. The summed E-state index contributed by atoms with van der Waals surface area (Å²) in [7, 11) is -3.58. The molecule has 1 aromatic carbocycles. The van der Waals surface area contributed by atoms with Gasteiger partial charge in [0.1, 0.15) is 0 Å². The van der Waals surface area contributed by atoms with Crippen LogP contribution in [0.4, 0.5) is 5.69 Å². The van der Waals surface area contributed by atoms with Crippen molar-refractivity contribution in [2.24, 2.45) is 5.14 Å². The van der Waals surface area contributed by atoms with Crippen LogP contribution < -0.4 is 10.5 Å². The van der Waals surface area contributed by atoms with Gasteiger partial charge in [0.25, 0.3) is 5.91 Å². The van der Waals surface area contributed by atoms with E-state index in [0.717, 1.165) is 0 Å². The topological polar surface area (TPSA) is 89.3 Å². The predicted molar refractivity (Wildman–Crippen MR) is 75.5 cm³/mol. The average molecular weight is 296 g/mol. The summed E-state index contributed by atoms with van der Waals surface area (Å²) in [6, 6.07) is 10.1. The van der Waals surface area contributed by atoms with Crippen molar-refractivity contribution in [2.45, 2.75) is 5.75 Å². The van der Waals surface area contributed by atoms with Crippen LogP contribution in [0.3, 0.4) is 0 Å². The Labute approximate surface area is 115 Å². The summed E-state index contributed by atoms with van der Waals surface area (Å²) in [5.41, 5.74) is 1.08. The summed E-state index contributed by atoms with van der Waals surface area (Å²) in [6.45, 7) is 0. The fraction of sp³-hybridized carbons (Fsp3) is 0.0833. The van der Waals surface area contributed by atoms with Crippen molar-refractivity contribution in [1.29, 1.82) is 0 Å².